The Morgan fingerprint density at radius 2 is 1.00 bits per heavy atom. The second-order valence-electron chi connectivity index (χ2n) is 10.7. The van der Waals surface area contributed by atoms with Crippen LogP contribution in [0.4, 0.5) is 0 Å². The van der Waals surface area contributed by atoms with E-state index in [1.165, 1.54) is 47.9 Å². The number of benzene rings is 1. The van der Waals surface area contributed by atoms with Crippen molar-refractivity contribution in [2.24, 2.45) is 0 Å². The molecular weight excluding hydrogens is 311 g/mol. The first kappa shape index (κ1) is 18.4. The third-order valence-corrected chi connectivity index (χ3v) is 7.70. The molecule has 1 nitrogen and oxygen atoms in total. The maximum Gasteiger partial charge on any atom is -0.00944 e. The maximum atomic E-state index is 12.5. The Kier molecular flexibility index (Phi) is 4.07. The molecule has 0 fully saturated rings. The Morgan fingerprint density at radius 3 is 1.33 bits per heavy atom. The molecule has 1 atom stereocenters. The van der Waals surface area contributed by atoms with Crippen molar-refractivity contribution in [1.82, 2.24) is 0 Å². The van der Waals surface area contributed by atoms with Crippen molar-refractivity contribution >= 4 is 14.1 Å². The van der Waals surface area contributed by atoms with Crippen molar-refractivity contribution in [2.75, 3.05) is 0 Å². The van der Waals surface area contributed by atoms with Crippen LogP contribution in [-0.4, -0.2) is 0 Å². The zero-order valence-electron chi connectivity index (χ0n) is 16.8. The zero-order valence-corrected chi connectivity index (χ0v) is 17.8. The van der Waals surface area contributed by atoms with E-state index in [-0.39, 0.29) is 30.5 Å². The van der Waals surface area contributed by atoms with Gasteiger partial charge in [0.15, 0.2) is 0 Å². The third kappa shape index (κ3) is 2.58. The molecule has 134 valence electrons. The van der Waals surface area contributed by atoms with Crippen LogP contribution >= 0.6 is 8.81 Å². The summed E-state index contributed by atoms with van der Waals surface area (Å²) in [5.41, 5.74) is 6.29. The fourth-order valence-electron chi connectivity index (χ4n) is 5.03. The lowest BCUT2D eigenvalue weighted by atomic mass is 9.57. The van der Waals surface area contributed by atoms with Gasteiger partial charge in [-0.05, 0) is 74.9 Å². The Labute approximate surface area is 150 Å². The lowest BCUT2D eigenvalue weighted by Gasteiger charge is -2.50. The van der Waals surface area contributed by atoms with Gasteiger partial charge in [0.1, 0.15) is 0 Å². The van der Waals surface area contributed by atoms with E-state index < -0.39 is 0 Å². The van der Waals surface area contributed by atoms with Crippen molar-refractivity contribution in [3.8, 4) is 0 Å². The van der Waals surface area contributed by atoms with Gasteiger partial charge >= 0.3 is 0 Å². The number of hydrogen-bond acceptors (Lipinski definition) is 1. The zero-order chi connectivity index (χ0) is 18.1. The Hall–Kier alpha value is -0.390. The Morgan fingerprint density at radius 1 is 0.667 bits per heavy atom. The van der Waals surface area contributed by atoms with Crippen LogP contribution in [0.5, 0.6) is 0 Å². The molecule has 1 aromatic carbocycles. The summed E-state index contributed by atoms with van der Waals surface area (Å²) in [5.74, 6) is 0. The van der Waals surface area contributed by atoms with Crippen molar-refractivity contribution < 1.29 is 4.89 Å². The van der Waals surface area contributed by atoms with Gasteiger partial charge in [0.2, 0.25) is 0 Å². The fraction of sp³-hybridized carbons (Fsp3) is 0.727. The summed E-state index contributed by atoms with van der Waals surface area (Å²) < 4.78 is 0. The van der Waals surface area contributed by atoms with E-state index in [0.717, 1.165) is 5.30 Å². The molecule has 0 saturated heterocycles. The smallest absolute Gasteiger partial charge is 0.00944 e. The largest absolute Gasteiger partial charge is 0.828 e. The summed E-state index contributed by atoms with van der Waals surface area (Å²) in [5, 5.41) is 1.16. The molecule has 0 aromatic heterocycles. The normalized spacial score (nSPS) is 26.2. The molecule has 0 spiro atoms. The lowest BCUT2D eigenvalue weighted by Crippen LogP contribution is -2.45. The van der Waals surface area contributed by atoms with Gasteiger partial charge in [0.05, 0.1) is 0 Å². The van der Waals surface area contributed by atoms with Gasteiger partial charge in [0.25, 0.3) is 0 Å². The minimum absolute atomic E-state index is 0.115. The summed E-state index contributed by atoms with van der Waals surface area (Å²) in [6.45, 7) is 18.9. The minimum atomic E-state index is -0.356. The van der Waals surface area contributed by atoms with Crippen LogP contribution < -0.4 is 10.2 Å². The van der Waals surface area contributed by atoms with E-state index in [0.29, 0.717) is 0 Å². The highest BCUT2D eigenvalue weighted by Gasteiger charge is 2.45. The van der Waals surface area contributed by atoms with Gasteiger partial charge < -0.3 is 4.89 Å². The summed E-state index contributed by atoms with van der Waals surface area (Å²) in [7, 11) is -0.356. The molecule has 3 rings (SSSR count). The lowest BCUT2D eigenvalue weighted by molar-refractivity contribution is -0.147. The van der Waals surface area contributed by atoms with Crippen LogP contribution in [-0.2, 0) is 21.7 Å². The third-order valence-electron chi connectivity index (χ3n) is 6.99. The summed E-state index contributed by atoms with van der Waals surface area (Å²) in [4.78, 5) is 12.5. The average Bonchev–Trinajstić information content (AvgIpc) is 2.47. The topological polar surface area (TPSA) is 23.1 Å². The predicted molar refractivity (Wildman–Crippen MR) is 105 cm³/mol. The van der Waals surface area contributed by atoms with Crippen molar-refractivity contribution in [2.45, 2.75) is 103 Å². The van der Waals surface area contributed by atoms with Gasteiger partial charge in [-0.25, -0.2) is 0 Å². The van der Waals surface area contributed by atoms with Crippen LogP contribution in [0.1, 0.15) is 103 Å². The molecule has 0 N–H and O–H groups in total. The summed E-state index contributed by atoms with van der Waals surface area (Å²) in [6.07, 6.45) is 4.76. The Bertz CT molecular complexity index is 625. The van der Waals surface area contributed by atoms with Gasteiger partial charge in [0, 0.05) is 0 Å². The molecule has 1 unspecified atom stereocenters. The van der Waals surface area contributed by atoms with Crippen LogP contribution in [0, 0.1) is 0 Å². The summed E-state index contributed by atoms with van der Waals surface area (Å²) >= 11 is 0. The Balaban J connectivity index is 2.46. The quantitative estimate of drug-likeness (QED) is 0.660. The average molecular weight is 345 g/mol. The number of rotatable bonds is 1. The second kappa shape index (κ2) is 5.31. The van der Waals surface area contributed by atoms with Gasteiger partial charge in [-0.2, -0.15) is 8.81 Å². The molecule has 24 heavy (non-hydrogen) atoms. The fourth-order valence-corrected chi connectivity index (χ4v) is 6.18. The van der Waals surface area contributed by atoms with E-state index in [1.807, 2.05) is 0 Å². The van der Waals surface area contributed by atoms with Crippen LogP contribution in [0.15, 0.2) is 6.07 Å². The molecule has 2 aliphatic carbocycles. The molecule has 0 amide bonds. The van der Waals surface area contributed by atoms with Gasteiger partial charge in [-0.15, -0.1) is 0 Å². The molecule has 0 heterocycles. The van der Waals surface area contributed by atoms with Gasteiger partial charge in [-0.3, -0.25) is 0 Å². The van der Waals surface area contributed by atoms with Gasteiger partial charge in [-0.1, -0.05) is 61.5 Å². The molecule has 0 bridgehead atoms. The number of hydrogen-bond donors (Lipinski definition) is 0. The van der Waals surface area contributed by atoms with E-state index >= 15 is 0 Å². The standard InChI is InChI=1S/C22H34OP/c1-19(2)9-11-21(5,6)16-14(19)13-15-17(18(16)24-23)22(7,8)12-10-20(15,3)4/h13,24H,9-12H2,1-8H3/q-1. The highest BCUT2D eigenvalue weighted by Crippen LogP contribution is 2.52. The van der Waals surface area contributed by atoms with E-state index in [2.05, 4.69) is 61.5 Å². The monoisotopic (exact) mass is 345 g/mol. The first-order chi connectivity index (χ1) is 10.8. The molecule has 0 aliphatic heterocycles. The van der Waals surface area contributed by atoms with Crippen molar-refractivity contribution in [3.05, 3.63) is 28.3 Å². The molecule has 1 aromatic rings. The van der Waals surface area contributed by atoms with E-state index in [1.54, 1.807) is 0 Å². The van der Waals surface area contributed by atoms with Crippen molar-refractivity contribution in [1.29, 1.82) is 0 Å². The maximum absolute atomic E-state index is 12.5. The number of fused-ring (bicyclic) bond motifs is 2. The first-order valence-electron chi connectivity index (χ1n) is 9.45. The van der Waals surface area contributed by atoms with Crippen molar-refractivity contribution in [3.63, 3.8) is 0 Å². The minimum Gasteiger partial charge on any atom is -0.828 e. The van der Waals surface area contributed by atoms with E-state index in [4.69, 9.17) is 0 Å². The predicted octanol–water partition coefficient (Wildman–Crippen LogP) is 4.96. The SMILES string of the molecule is CC1(C)CCC(C)(C)c2c1cc1c(c2P[O-])C(C)(C)CCC1(C)C. The molecule has 0 saturated carbocycles. The second-order valence-corrected chi connectivity index (χ2v) is 11.4. The van der Waals surface area contributed by atoms with Crippen LogP contribution in [0.25, 0.3) is 0 Å². The molecule has 2 heteroatoms. The molecule has 2 aliphatic rings. The van der Waals surface area contributed by atoms with Crippen LogP contribution in [0.3, 0.4) is 0 Å². The van der Waals surface area contributed by atoms with E-state index in [9.17, 15) is 4.89 Å². The molecular formula is C22H34OP-. The molecule has 0 radical (unpaired) electrons. The highest BCUT2D eigenvalue weighted by atomic mass is 31.1. The van der Waals surface area contributed by atoms with Crippen LogP contribution in [0.2, 0.25) is 0 Å². The first-order valence-corrected chi connectivity index (χ1v) is 10.4. The summed E-state index contributed by atoms with van der Waals surface area (Å²) in [6, 6.07) is 2.51. The highest BCUT2D eigenvalue weighted by molar-refractivity contribution is 7.39.